The minimum atomic E-state index is -0.532. The number of aromatic nitrogens is 1. The quantitative estimate of drug-likeness (QED) is 0.795. The molecule has 7 nitrogen and oxygen atoms in total. The van der Waals surface area contributed by atoms with Gasteiger partial charge in [0, 0.05) is 11.8 Å². The monoisotopic (exact) mass is 376 g/mol. The number of aryl methyl sites for hydroxylation is 1. The lowest BCUT2D eigenvalue weighted by Crippen LogP contribution is -2.44. The summed E-state index contributed by atoms with van der Waals surface area (Å²) in [6.45, 7) is 7.78. The van der Waals surface area contributed by atoms with E-state index in [2.05, 4.69) is 10.3 Å². The van der Waals surface area contributed by atoms with Crippen molar-refractivity contribution in [2.45, 2.75) is 64.5 Å². The van der Waals surface area contributed by atoms with Crippen LogP contribution in [0.1, 0.15) is 50.4 Å². The van der Waals surface area contributed by atoms with Crippen molar-refractivity contribution in [3.8, 4) is 5.88 Å². The van der Waals surface area contributed by atoms with Crippen molar-refractivity contribution in [3.63, 3.8) is 0 Å². The molecule has 27 heavy (non-hydrogen) atoms. The van der Waals surface area contributed by atoms with Crippen molar-refractivity contribution < 1.29 is 23.8 Å². The normalized spacial score (nSPS) is 19.8. The van der Waals surface area contributed by atoms with Crippen molar-refractivity contribution in [2.24, 2.45) is 5.92 Å². The molecule has 0 saturated heterocycles. The first-order chi connectivity index (χ1) is 12.6. The summed E-state index contributed by atoms with van der Waals surface area (Å²) in [7, 11) is 1.41. The van der Waals surface area contributed by atoms with E-state index in [9.17, 15) is 9.59 Å². The van der Waals surface area contributed by atoms with Crippen molar-refractivity contribution in [1.29, 1.82) is 0 Å². The van der Waals surface area contributed by atoms with Crippen molar-refractivity contribution in [3.05, 3.63) is 22.9 Å². The van der Waals surface area contributed by atoms with E-state index < -0.39 is 11.7 Å². The van der Waals surface area contributed by atoms with Gasteiger partial charge in [-0.25, -0.2) is 9.78 Å². The maximum Gasteiger partial charge on any atom is 0.408 e. The van der Waals surface area contributed by atoms with E-state index in [1.165, 1.54) is 7.11 Å². The van der Waals surface area contributed by atoms with E-state index in [1.807, 2.05) is 33.8 Å². The molecule has 0 bridgehead atoms. The van der Waals surface area contributed by atoms with Gasteiger partial charge in [-0.1, -0.05) is 0 Å². The van der Waals surface area contributed by atoms with Crippen LogP contribution in [0.4, 0.5) is 4.79 Å². The minimum absolute atomic E-state index is 0.149. The van der Waals surface area contributed by atoms with Crippen molar-refractivity contribution in [1.82, 2.24) is 10.3 Å². The predicted molar refractivity (Wildman–Crippen MR) is 98.7 cm³/mol. The van der Waals surface area contributed by atoms with Crippen LogP contribution in [0.3, 0.4) is 0 Å². The molecule has 1 amide bonds. The van der Waals surface area contributed by atoms with Crippen molar-refractivity contribution in [2.75, 3.05) is 13.7 Å². The summed E-state index contributed by atoms with van der Waals surface area (Å²) in [5.74, 6) is 0.185. The summed E-state index contributed by atoms with van der Waals surface area (Å²) in [6.07, 6.45) is 2.57. The average Bonchev–Trinajstić information content (AvgIpc) is 3.17. The molecule has 1 unspecified atom stereocenters. The average molecular weight is 376 g/mol. The van der Waals surface area contributed by atoms with Gasteiger partial charge in [0.1, 0.15) is 12.2 Å². The van der Waals surface area contributed by atoms with E-state index >= 15 is 0 Å². The van der Waals surface area contributed by atoms with Crippen LogP contribution in [0.5, 0.6) is 5.88 Å². The molecule has 0 aliphatic heterocycles. The zero-order chi connectivity index (χ0) is 19.8. The van der Waals surface area contributed by atoms with E-state index in [1.54, 1.807) is 0 Å². The lowest BCUT2D eigenvalue weighted by atomic mass is 10.1. The number of pyridine rings is 1. The van der Waals surface area contributed by atoms with Crippen LogP contribution < -0.4 is 10.1 Å². The Balaban J connectivity index is 1.61. The Morgan fingerprint density at radius 1 is 1.30 bits per heavy atom. The number of carbonyl (C=O) groups excluding carboxylic acids is 2. The Bertz CT molecular complexity index is 749. The Hall–Kier alpha value is -2.31. The molecule has 3 rings (SSSR count). The van der Waals surface area contributed by atoms with Crippen molar-refractivity contribution >= 4 is 12.1 Å². The number of nitrogens with one attached hydrogen (secondary N) is 1. The van der Waals surface area contributed by atoms with Gasteiger partial charge in [0.2, 0.25) is 5.88 Å². The van der Waals surface area contributed by atoms with Gasteiger partial charge in [0.05, 0.1) is 18.6 Å². The van der Waals surface area contributed by atoms with E-state index in [-0.39, 0.29) is 17.4 Å². The number of amides is 1. The highest BCUT2D eigenvalue weighted by Gasteiger charge is 2.46. The van der Waals surface area contributed by atoms with Gasteiger partial charge in [0.25, 0.3) is 0 Å². The molecule has 0 aromatic carbocycles. The number of nitrogens with zero attached hydrogens (tertiary/aromatic N) is 1. The Morgan fingerprint density at radius 3 is 2.59 bits per heavy atom. The number of alkyl carbamates (subject to hydrolysis) is 1. The Kier molecular flexibility index (Phi) is 5.06. The summed E-state index contributed by atoms with van der Waals surface area (Å²) < 4.78 is 16.1. The molecular formula is C20H28N2O5. The smallest absolute Gasteiger partial charge is 0.408 e. The van der Waals surface area contributed by atoms with Crippen LogP contribution in [0.2, 0.25) is 0 Å². The fourth-order valence-corrected chi connectivity index (χ4v) is 3.37. The molecule has 1 saturated carbocycles. The summed E-state index contributed by atoms with van der Waals surface area (Å²) in [6, 6.07) is 1.90. The van der Waals surface area contributed by atoms with Gasteiger partial charge in [-0.15, -0.1) is 0 Å². The lowest BCUT2D eigenvalue weighted by Gasteiger charge is -2.23. The van der Waals surface area contributed by atoms with Crippen LogP contribution in [0, 0.1) is 12.8 Å². The maximum absolute atomic E-state index is 12.0. The molecule has 1 aromatic heterocycles. The first kappa shape index (κ1) is 19.5. The van der Waals surface area contributed by atoms with E-state index in [0.29, 0.717) is 25.3 Å². The maximum atomic E-state index is 12.0. The van der Waals surface area contributed by atoms with Gasteiger partial charge >= 0.3 is 12.1 Å². The molecule has 1 N–H and O–H groups in total. The number of carbonyl (C=O) groups is 2. The Labute approximate surface area is 159 Å². The van der Waals surface area contributed by atoms with Gasteiger partial charge in [-0.3, -0.25) is 4.79 Å². The first-order valence-electron chi connectivity index (χ1n) is 9.32. The number of fused-ring (bicyclic) bond motifs is 1. The van der Waals surface area contributed by atoms with Gasteiger partial charge in [0.15, 0.2) is 0 Å². The molecule has 148 valence electrons. The zero-order valence-corrected chi connectivity index (χ0v) is 16.7. The highest BCUT2D eigenvalue weighted by atomic mass is 16.6. The molecule has 1 atom stereocenters. The van der Waals surface area contributed by atoms with Crippen LogP contribution >= 0.6 is 0 Å². The third-order valence-corrected chi connectivity index (χ3v) is 4.97. The second-order valence-electron chi connectivity index (χ2n) is 8.51. The number of methoxy groups -OCH3 is 1. The molecular weight excluding hydrogens is 348 g/mol. The fourth-order valence-electron chi connectivity index (χ4n) is 3.37. The topological polar surface area (TPSA) is 86.8 Å². The molecule has 0 radical (unpaired) electrons. The van der Waals surface area contributed by atoms with Crippen LogP contribution in [0.25, 0.3) is 0 Å². The Morgan fingerprint density at radius 2 is 2.00 bits per heavy atom. The van der Waals surface area contributed by atoms with Crippen LogP contribution in [-0.2, 0) is 27.1 Å². The predicted octanol–water partition coefficient (Wildman–Crippen LogP) is 2.71. The summed E-state index contributed by atoms with van der Waals surface area (Å²) in [5.41, 5.74) is 2.14. The molecule has 2 aliphatic rings. The summed E-state index contributed by atoms with van der Waals surface area (Å²) in [5, 5.41) is 2.92. The van der Waals surface area contributed by atoms with Crippen LogP contribution in [-0.4, -0.2) is 41.9 Å². The van der Waals surface area contributed by atoms with Gasteiger partial charge < -0.3 is 19.5 Å². The molecule has 2 aliphatic carbocycles. The van der Waals surface area contributed by atoms with Gasteiger partial charge in [-0.05, 0) is 64.5 Å². The standard InChI is InChI=1S/C20H28N2O5/c1-12-15-9-14(17(23)25-5)8-13(15)10-16(21-12)26-11-20(6-7-20)22-18(24)27-19(2,3)4/h10,14H,6-9,11H2,1-5H3,(H,22,24). The largest absolute Gasteiger partial charge is 0.475 e. The third-order valence-electron chi connectivity index (χ3n) is 4.97. The highest BCUT2D eigenvalue weighted by Crippen LogP contribution is 2.37. The lowest BCUT2D eigenvalue weighted by molar-refractivity contribution is -0.145. The first-order valence-corrected chi connectivity index (χ1v) is 9.32. The minimum Gasteiger partial charge on any atom is -0.475 e. The second kappa shape index (κ2) is 7.02. The fraction of sp³-hybridized carbons (Fsp3) is 0.650. The second-order valence-corrected chi connectivity index (χ2v) is 8.51. The molecule has 0 spiro atoms. The molecule has 1 fully saturated rings. The summed E-state index contributed by atoms with van der Waals surface area (Å²) in [4.78, 5) is 28.3. The molecule has 1 aromatic rings. The number of hydrogen-bond donors (Lipinski definition) is 1. The number of rotatable bonds is 5. The zero-order valence-electron chi connectivity index (χ0n) is 16.7. The van der Waals surface area contributed by atoms with E-state index in [4.69, 9.17) is 14.2 Å². The summed E-state index contributed by atoms with van der Waals surface area (Å²) >= 11 is 0. The molecule has 7 heteroatoms. The number of ether oxygens (including phenoxy) is 3. The SMILES string of the molecule is COC(=O)C1Cc2cc(OCC3(NC(=O)OC(C)(C)C)CC3)nc(C)c2C1. The number of hydrogen-bond acceptors (Lipinski definition) is 6. The van der Waals surface area contributed by atoms with E-state index in [0.717, 1.165) is 29.7 Å². The van der Waals surface area contributed by atoms with Gasteiger partial charge in [-0.2, -0.15) is 0 Å². The third kappa shape index (κ3) is 4.70. The molecule has 1 heterocycles. The number of esters is 1. The van der Waals surface area contributed by atoms with Crippen LogP contribution in [0.15, 0.2) is 6.07 Å². The highest BCUT2D eigenvalue weighted by molar-refractivity contribution is 5.74.